The summed E-state index contributed by atoms with van der Waals surface area (Å²) in [5.41, 5.74) is 0.982. The molecule has 1 saturated heterocycles. The molecule has 1 fully saturated rings. The maximum atomic E-state index is 4.89. The summed E-state index contributed by atoms with van der Waals surface area (Å²) >= 11 is 0. The first-order valence-electron chi connectivity index (χ1n) is 7.79. The van der Waals surface area contributed by atoms with E-state index in [0.717, 1.165) is 50.2 Å². The Morgan fingerprint density at radius 3 is 2.78 bits per heavy atom. The van der Waals surface area contributed by atoms with Gasteiger partial charge in [0.25, 0.3) is 0 Å². The Hall–Kier alpha value is -2.35. The number of aromatic nitrogens is 3. The highest BCUT2D eigenvalue weighted by Gasteiger charge is 2.20. The number of nitrogens with one attached hydrogen (secondary N) is 1. The minimum atomic E-state index is 0.676. The van der Waals surface area contributed by atoms with Crippen molar-refractivity contribution >= 4 is 5.96 Å². The highest BCUT2D eigenvalue weighted by molar-refractivity contribution is 5.79. The zero-order chi connectivity index (χ0) is 16.1. The zero-order valence-electron chi connectivity index (χ0n) is 13.6. The van der Waals surface area contributed by atoms with E-state index in [1.807, 2.05) is 37.1 Å². The molecule has 1 aliphatic rings. The Bertz CT molecular complexity index is 626. The molecule has 2 aromatic heterocycles. The Morgan fingerprint density at radius 2 is 2.17 bits per heavy atom. The molecule has 3 heterocycles. The summed E-state index contributed by atoms with van der Waals surface area (Å²) in [5, 5.41) is 7.36. The predicted octanol–water partition coefficient (Wildman–Crippen LogP) is 0.301. The third kappa shape index (κ3) is 3.89. The first kappa shape index (κ1) is 15.5. The van der Waals surface area contributed by atoms with Gasteiger partial charge in [-0.25, -0.2) is 4.98 Å². The Kier molecular flexibility index (Phi) is 4.92. The van der Waals surface area contributed by atoms with Crippen molar-refractivity contribution in [3.8, 4) is 0 Å². The summed E-state index contributed by atoms with van der Waals surface area (Å²) in [4.78, 5) is 13.4. The van der Waals surface area contributed by atoms with Crippen LogP contribution in [0.25, 0.3) is 0 Å². The number of hydrogen-bond acceptors (Lipinski definition) is 5. The normalized spacial score (nSPS) is 16.8. The summed E-state index contributed by atoms with van der Waals surface area (Å²) < 4.78 is 6.90. The average Bonchev–Trinajstić information content (AvgIpc) is 3.21. The predicted molar refractivity (Wildman–Crippen MR) is 86.8 cm³/mol. The van der Waals surface area contributed by atoms with E-state index in [9.17, 15) is 0 Å². The number of aryl methyl sites for hydroxylation is 1. The number of imidazole rings is 1. The van der Waals surface area contributed by atoms with Crippen LogP contribution in [0, 0.1) is 0 Å². The Morgan fingerprint density at radius 1 is 1.35 bits per heavy atom. The number of aliphatic imine (C=N–C) groups is 1. The van der Waals surface area contributed by atoms with Crippen molar-refractivity contribution < 1.29 is 4.52 Å². The van der Waals surface area contributed by atoms with Gasteiger partial charge in [0.05, 0.1) is 12.2 Å². The average molecular weight is 317 g/mol. The van der Waals surface area contributed by atoms with Crippen molar-refractivity contribution in [1.82, 2.24) is 29.8 Å². The van der Waals surface area contributed by atoms with Crippen LogP contribution in [0.1, 0.15) is 11.5 Å². The standard InChI is InChI=1S/C15H23N7O/c1-16-15(18-11-14-17-4-5-20(14)2)22-8-6-21(7-9-22)12-13-3-10-23-19-13/h3-5,10H,6-9,11-12H2,1-2H3,(H,16,18). The molecule has 2 aromatic rings. The van der Waals surface area contributed by atoms with Crippen LogP contribution < -0.4 is 5.32 Å². The molecule has 0 bridgehead atoms. The Labute approximate surface area is 135 Å². The van der Waals surface area contributed by atoms with E-state index in [2.05, 4.69) is 30.2 Å². The summed E-state index contributed by atoms with van der Waals surface area (Å²) in [6.45, 7) is 5.36. The molecule has 0 saturated carbocycles. The smallest absolute Gasteiger partial charge is 0.194 e. The van der Waals surface area contributed by atoms with Gasteiger partial charge in [-0.1, -0.05) is 5.16 Å². The van der Waals surface area contributed by atoms with Crippen molar-refractivity contribution in [3.05, 3.63) is 36.2 Å². The minimum absolute atomic E-state index is 0.676. The van der Waals surface area contributed by atoms with Crippen molar-refractivity contribution in [2.24, 2.45) is 12.0 Å². The van der Waals surface area contributed by atoms with Gasteiger partial charge in [-0.2, -0.15) is 0 Å². The van der Waals surface area contributed by atoms with Gasteiger partial charge in [-0.3, -0.25) is 9.89 Å². The SMILES string of the molecule is CN=C(NCc1nccn1C)N1CCN(Cc2ccon2)CC1. The molecule has 0 amide bonds. The van der Waals surface area contributed by atoms with Gasteiger partial charge in [-0.15, -0.1) is 0 Å². The van der Waals surface area contributed by atoms with Gasteiger partial charge in [0.15, 0.2) is 5.96 Å². The molecule has 0 aromatic carbocycles. The van der Waals surface area contributed by atoms with Gasteiger partial charge in [0.2, 0.25) is 0 Å². The van der Waals surface area contributed by atoms with Gasteiger partial charge < -0.3 is 19.3 Å². The quantitative estimate of drug-likeness (QED) is 0.646. The molecule has 0 radical (unpaired) electrons. The second-order valence-corrected chi connectivity index (χ2v) is 5.61. The lowest BCUT2D eigenvalue weighted by molar-refractivity contribution is 0.169. The zero-order valence-corrected chi connectivity index (χ0v) is 13.6. The Balaban J connectivity index is 1.48. The fourth-order valence-corrected chi connectivity index (χ4v) is 2.72. The molecular formula is C15H23N7O. The number of guanidine groups is 1. The number of hydrogen-bond donors (Lipinski definition) is 1. The van der Waals surface area contributed by atoms with Crippen LogP contribution in [0.2, 0.25) is 0 Å². The lowest BCUT2D eigenvalue weighted by atomic mass is 10.3. The van der Waals surface area contributed by atoms with Gasteiger partial charge in [0.1, 0.15) is 12.1 Å². The fraction of sp³-hybridized carbons (Fsp3) is 0.533. The second kappa shape index (κ2) is 7.28. The molecule has 1 aliphatic heterocycles. The van der Waals surface area contributed by atoms with Crippen LogP contribution >= 0.6 is 0 Å². The monoisotopic (exact) mass is 317 g/mol. The lowest BCUT2D eigenvalue weighted by Crippen LogP contribution is -2.52. The topological polar surface area (TPSA) is 74.7 Å². The number of nitrogens with zero attached hydrogens (tertiary/aromatic N) is 6. The van der Waals surface area contributed by atoms with Crippen LogP contribution in [0.15, 0.2) is 34.2 Å². The summed E-state index contributed by atoms with van der Waals surface area (Å²) in [5.74, 6) is 1.92. The lowest BCUT2D eigenvalue weighted by Gasteiger charge is -2.36. The highest BCUT2D eigenvalue weighted by Crippen LogP contribution is 2.07. The molecule has 0 aliphatic carbocycles. The van der Waals surface area contributed by atoms with Gasteiger partial charge >= 0.3 is 0 Å². The van der Waals surface area contributed by atoms with Crippen LogP contribution in [0.5, 0.6) is 0 Å². The molecular weight excluding hydrogens is 294 g/mol. The van der Waals surface area contributed by atoms with Crippen molar-refractivity contribution in [2.75, 3.05) is 33.2 Å². The van der Waals surface area contributed by atoms with E-state index in [1.165, 1.54) is 0 Å². The number of rotatable bonds is 4. The third-order valence-corrected chi connectivity index (χ3v) is 4.09. The second-order valence-electron chi connectivity index (χ2n) is 5.61. The van der Waals surface area contributed by atoms with Crippen molar-refractivity contribution in [2.45, 2.75) is 13.1 Å². The van der Waals surface area contributed by atoms with Gasteiger partial charge in [0, 0.05) is 65.3 Å². The first-order valence-corrected chi connectivity index (χ1v) is 7.79. The van der Waals surface area contributed by atoms with Gasteiger partial charge in [-0.05, 0) is 0 Å². The van der Waals surface area contributed by atoms with Crippen LogP contribution in [-0.2, 0) is 20.1 Å². The summed E-state index contributed by atoms with van der Waals surface area (Å²) in [6, 6.07) is 1.92. The van der Waals surface area contributed by atoms with E-state index in [-0.39, 0.29) is 0 Å². The number of piperazine rings is 1. The van der Waals surface area contributed by atoms with Crippen LogP contribution in [0.4, 0.5) is 0 Å². The fourth-order valence-electron chi connectivity index (χ4n) is 2.72. The van der Waals surface area contributed by atoms with E-state index >= 15 is 0 Å². The summed E-state index contributed by atoms with van der Waals surface area (Å²) in [6.07, 6.45) is 5.37. The largest absolute Gasteiger partial charge is 0.364 e. The van der Waals surface area contributed by atoms with E-state index in [4.69, 9.17) is 4.52 Å². The van der Waals surface area contributed by atoms with Crippen molar-refractivity contribution in [3.63, 3.8) is 0 Å². The molecule has 3 rings (SSSR count). The third-order valence-electron chi connectivity index (χ3n) is 4.09. The molecule has 8 heteroatoms. The minimum Gasteiger partial charge on any atom is -0.364 e. The first-order chi connectivity index (χ1) is 11.3. The molecule has 0 atom stereocenters. The van der Waals surface area contributed by atoms with Crippen LogP contribution in [0.3, 0.4) is 0 Å². The molecule has 1 N–H and O–H groups in total. The molecule has 23 heavy (non-hydrogen) atoms. The maximum absolute atomic E-state index is 4.89. The molecule has 124 valence electrons. The highest BCUT2D eigenvalue weighted by atomic mass is 16.5. The molecule has 8 nitrogen and oxygen atoms in total. The van der Waals surface area contributed by atoms with Crippen molar-refractivity contribution in [1.29, 1.82) is 0 Å². The van der Waals surface area contributed by atoms with E-state index in [1.54, 1.807) is 6.26 Å². The summed E-state index contributed by atoms with van der Waals surface area (Å²) in [7, 11) is 3.82. The molecule has 0 unspecified atom stereocenters. The van der Waals surface area contributed by atoms with Crippen LogP contribution in [-0.4, -0.2) is 63.7 Å². The molecule has 0 spiro atoms. The van der Waals surface area contributed by atoms with E-state index in [0.29, 0.717) is 6.54 Å². The van der Waals surface area contributed by atoms with E-state index < -0.39 is 0 Å². The maximum Gasteiger partial charge on any atom is 0.194 e.